The minimum atomic E-state index is -3.36. The molecule has 0 spiro atoms. The minimum absolute atomic E-state index is 0.316. The zero-order valence-corrected chi connectivity index (χ0v) is 8.64. The summed E-state index contributed by atoms with van der Waals surface area (Å²) in [6, 6.07) is -0.316. The molecular formula is C8H14N2O3S. The molecule has 1 saturated heterocycles. The number of nitrogens with one attached hydrogen (secondary N) is 2. The van der Waals surface area contributed by atoms with Gasteiger partial charge in [0.1, 0.15) is 0 Å². The van der Waals surface area contributed by atoms with Gasteiger partial charge in [0.15, 0.2) is 0 Å². The summed E-state index contributed by atoms with van der Waals surface area (Å²) in [4.78, 5) is 11.4. The van der Waals surface area contributed by atoms with Crippen LogP contribution in [0.25, 0.3) is 0 Å². The molecule has 2 N–H and O–H groups in total. The predicted molar refractivity (Wildman–Crippen MR) is 51.1 cm³/mol. The Hall–Kier alpha value is -0.620. The van der Waals surface area contributed by atoms with Crippen LogP contribution >= 0.6 is 0 Å². The maximum absolute atomic E-state index is 11.4. The fourth-order valence-corrected chi connectivity index (χ4v) is 2.93. The lowest BCUT2D eigenvalue weighted by atomic mass is 10.2. The molecule has 5 nitrogen and oxygen atoms in total. The van der Waals surface area contributed by atoms with Crippen molar-refractivity contribution in [2.45, 2.75) is 37.0 Å². The standard InChI is InChI=1S/C8H14N2O3S/c11-8(7-2-1-5-9-7)10-14(12,13)6-3-4-6/h6-7,9H,1-5H2,(H,10,11). The molecule has 1 unspecified atom stereocenters. The molecule has 1 aliphatic carbocycles. The Balaban J connectivity index is 1.93. The maximum Gasteiger partial charge on any atom is 0.250 e. The van der Waals surface area contributed by atoms with Gasteiger partial charge in [-0.15, -0.1) is 0 Å². The second-order valence-corrected chi connectivity index (χ2v) is 5.82. The molecule has 2 aliphatic rings. The summed E-state index contributed by atoms with van der Waals surface area (Å²) >= 11 is 0. The first kappa shape index (κ1) is 9.92. The van der Waals surface area contributed by atoms with E-state index < -0.39 is 15.9 Å². The molecule has 6 heteroatoms. The molecule has 0 aromatic carbocycles. The lowest BCUT2D eigenvalue weighted by molar-refractivity contribution is -0.121. The highest BCUT2D eigenvalue weighted by atomic mass is 32.2. The highest BCUT2D eigenvalue weighted by Gasteiger charge is 2.38. The Labute approximate surface area is 83.3 Å². The van der Waals surface area contributed by atoms with Gasteiger partial charge in [-0.2, -0.15) is 0 Å². The van der Waals surface area contributed by atoms with E-state index in [1.54, 1.807) is 0 Å². The Morgan fingerprint density at radius 2 is 2.00 bits per heavy atom. The fourth-order valence-electron chi connectivity index (χ4n) is 1.58. The monoisotopic (exact) mass is 218 g/mol. The molecule has 1 amide bonds. The van der Waals surface area contributed by atoms with E-state index in [0.717, 1.165) is 19.4 Å². The van der Waals surface area contributed by atoms with Crippen LogP contribution in [0.2, 0.25) is 0 Å². The Kier molecular flexibility index (Phi) is 2.48. The van der Waals surface area contributed by atoms with Crippen molar-refractivity contribution in [1.29, 1.82) is 0 Å². The van der Waals surface area contributed by atoms with Gasteiger partial charge in [0.05, 0.1) is 11.3 Å². The van der Waals surface area contributed by atoms with Crippen LogP contribution < -0.4 is 10.0 Å². The molecule has 0 aromatic heterocycles. The third kappa shape index (κ3) is 2.06. The molecule has 14 heavy (non-hydrogen) atoms. The summed E-state index contributed by atoms with van der Waals surface area (Å²) < 4.78 is 24.9. The summed E-state index contributed by atoms with van der Waals surface area (Å²) in [5.41, 5.74) is 0. The van der Waals surface area contributed by atoms with Gasteiger partial charge in [0.25, 0.3) is 5.91 Å². The molecule has 2 rings (SSSR count). The smallest absolute Gasteiger partial charge is 0.250 e. The van der Waals surface area contributed by atoms with Crippen molar-refractivity contribution < 1.29 is 13.2 Å². The highest BCUT2D eigenvalue weighted by Crippen LogP contribution is 2.27. The van der Waals surface area contributed by atoms with E-state index in [1.807, 2.05) is 0 Å². The van der Waals surface area contributed by atoms with Crippen molar-refractivity contribution in [3.63, 3.8) is 0 Å². The molecule has 1 aliphatic heterocycles. The summed E-state index contributed by atoms with van der Waals surface area (Å²) in [6.07, 6.45) is 3.02. The lowest BCUT2D eigenvalue weighted by Crippen LogP contribution is -2.44. The summed E-state index contributed by atoms with van der Waals surface area (Å²) in [6.45, 7) is 0.793. The number of rotatable bonds is 3. The SMILES string of the molecule is O=C(NS(=O)(=O)C1CC1)C1CCCN1. The molecule has 0 bridgehead atoms. The van der Waals surface area contributed by atoms with Crippen LogP contribution in [0, 0.1) is 0 Å². The largest absolute Gasteiger partial charge is 0.306 e. The van der Waals surface area contributed by atoms with E-state index in [0.29, 0.717) is 12.8 Å². The van der Waals surface area contributed by atoms with Crippen LogP contribution in [0.5, 0.6) is 0 Å². The van der Waals surface area contributed by atoms with Gasteiger partial charge in [-0.3, -0.25) is 9.52 Å². The maximum atomic E-state index is 11.4. The van der Waals surface area contributed by atoms with Crippen LogP contribution in [-0.4, -0.2) is 32.2 Å². The number of hydrogen-bond acceptors (Lipinski definition) is 4. The average Bonchev–Trinajstić information content (AvgIpc) is 2.82. The van der Waals surface area contributed by atoms with Crippen LogP contribution in [0.3, 0.4) is 0 Å². The third-order valence-electron chi connectivity index (χ3n) is 2.58. The number of sulfonamides is 1. The fraction of sp³-hybridized carbons (Fsp3) is 0.875. The van der Waals surface area contributed by atoms with E-state index in [-0.39, 0.29) is 11.3 Å². The molecule has 1 saturated carbocycles. The summed E-state index contributed by atoms with van der Waals surface area (Å²) in [5.74, 6) is -0.394. The summed E-state index contributed by atoms with van der Waals surface area (Å²) in [5, 5.41) is 2.64. The second-order valence-electron chi connectivity index (χ2n) is 3.86. The molecular weight excluding hydrogens is 204 g/mol. The number of amides is 1. The summed E-state index contributed by atoms with van der Waals surface area (Å²) in [7, 11) is -3.36. The normalized spacial score (nSPS) is 27.6. The molecule has 0 radical (unpaired) electrons. The third-order valence-corrected chi connectivity index (χ3v) is 4.42. The van der Waals surface area contributed by atoms with Gasteiger partial charge < -0.3 is 5.32 Å². The van der Waals surface area contributed by atoms with E-state index in [1.165, 1.54) is 0 Å². The first-order valence-electron chi connectivity index (χ1n) is 4.88. The van der Waals surface area contributed by atoms with Gasteiger partial charge in [0.2, 0.25) is 10.0 Å². The Morgan fingerprint density at radius 1 is 1.29 bits per heavy atom. The van der Waals surface area contributed by atoms with Gasteiger partial charge in [0, 0.05) is 0 Å². The van der Waals surface area contributed by atoms with E-state index in [4.69, 9.17) is 0 Å². The van der Waals surface area contributed by atoms with Gasteiger partial charge >= 0.3 is 0 Å². The topological polar surface area (TPSA) is 75.3 Å². The van der Waals surface area contributed by atoms with Crippen molar-refractivity contribution in [3.8, 4) is 0 Å². The van der Waals surface area contributed by atoms with Gasteiger partial charge in [-0.25, -0.2) is 8.42 Å². The van der Waals surface area contributed by atoms with Crippen LogP contribution in [0.4, 0.5) is 0 Å². The average molecular weight is 218 g/mol. The molecule has 80 valence electrons. The van der Waals surface area contributed by atoms with Crippen molar-refractivity contribution in [1.82, 2.24) is 10.0 Å². The molecule has 1 atom stereocenters. The zero-order chi connectivity index (χ0) is 10.2. The van der Waals surface area contributed by atoms with Crippen LogP contribution in [-0.2, 0) is 14.8 Å². The first-order valence-corrected chi connectivity index (χ1v) is 6.43. The van der Waals surface area contributed by atoms with Crippen LogP contribution in [0.1, 0.15) is 25.7 Å². The Morgan fingerprint density at radius 3 is 2.50 bits per heavy atom. The molecule has 0 aromatic rings. The molecule has 1 heterocycles. The predicted octanol–water partition coefficient (Wildman–Crippen LogP) is -0.653. The number of carbonyl (C=O) groups is 1. The van der Waals surface area contributed by atoms with E-state index in [2.05, 4.69) is 10.0 Å². The van der Waals surface area contributed by atoms with Crippen molar-refractivity contribution in [2.75, 3.05) is 6.54 Å². The number of carbonyl (C=O) groups excluding carboxylic acids is 1. The van der Waals surface area contributed by atoms with Gasteiger partial charge in [-0.05, 0) is 32.2 Å². The van der Waals surface area contributed by atoms with E-state index in [9.17, 15) is 13.2 Å². The number of hydrogen-bond donors (Lipinski definition) is 2. The molecule has 2 fully saturated rings. The lowest BCUT2D eigenvalue weighted by Gasteiger charge is -2.10. The zero-order valence-electron chi connectivity index (χ0n) is 7.82. The van der Waals surface area contributed by atoms with Crippen molar-refractivity contribution >= 4 is 15.9 Å². The Bertz CT molecular complexity index is 328. The highest BCUT2D eigenvalue weighted by molar-refractivity contribution is 7.90. The van der Waals surface area contributed by atoms with Crippen LogP contribution in [0.15, 0.2) is 0 Å². The van der Waals surface area contributed by atoms with Crippen molar-refractivity contribution in [2.24, 2.45) is 0 Å². The van der Waals surface area contributed by atoms with Crippen molar-refractivity contribution in [3.05, 3.63) is 0 Å². The van der Waals surface area contributed by atoms with E-state index >= 15 is 0 Å². The minimum Gasteiger partial charge on any atom is -0.306 e. The second kappa shape index (κ2) is 3.51. The van der Waals surface area contributed by atoms with Gasteiger partial charge in [-0.1, -0.05) is 0 Å². The quantitative estimate of drug-likeness (QED) is 0.660. The first-order chi connectivity index (χ1) is 6.59.